The summed E-state index contributed by atoms with van der Waals surface area (Å²) in [7, 11) is -0.545. The zero-order chi connectivity index (χ0) is 15.1. The average molecular weight is 334 g/mol. The van der Waals surface area contributed by atoms with Gasteiger partial charge in [0.25, 0.3) is 0 Å². The molecule has 118 valence electrons. The number of nitrogens with zero attached hydrogens (tertiary/aromatic N) is 2. The third-order valence-corrected chi connectivity index (χ3v) is 5.20. The van der Waals surface area contributed by atoms with Gasteiger partial charge in [0.1, 0.15) is 0 Å². The maximum Gasteiger partial charge on any atom is 0.243 e. The van der Waals surface area contributed by atoms with E-state index in [1.165, 1.54) is 14.1 Å². The number of amides is 1. The van der Waals surface area contributed by atoms with E-state index >= 15 is 0 Å². The monoisotopic (exact) mass is 333 g/mol. The summed E-state index contributed by atoms with van der Waals surface area (Å²) in [5.74, 6) is -0.192. The van der Waals surface area contributed by atoms with Crippen LogP contribution in [-0.4, -0.2) is 45.3 Å². The highest BCUT2D eigenvalue weighted by molar-refractivity contribution is 7.89. The number of fused-ring (bicyclic) bond motifs is 1. The molecular weight excluding hydrogens is 314 g/mol. The van der Waals surface area contributed by atoms with Gasteiger partial charge in [0, 0.05) is 26.3 Å². The Kier molecular flexibility index (Phi) is 5.38. The van der Waals surface area contributed by atoms with Crippen molar-refractivity contribution in [2.75, 3.05) is 25.5 Å². The van der Waals surface area contributed by atoms with Crippen LogP contribution in [0.3, 0.4) is 0 Å². The largest absolute Gasteiger partial charge is 0.320 e. The van der Waals surface area contributed by atoms with Crippen molar-refractivity contribution in [1.29, 1.82) is 0 Å². The maximum atomic E-state index is 12.1. The lowest BCUT2D eigenvalue weighted by Crippen LogP contribution is -2.41. The minimum absolute atomic E-state index is 0. The van der Waals surface area contributed by atoms with Crippen molar-refractivity contribution in [2.24, 2.45) is 5.73 Å². The van der Waals surface area contributed by atoms with E-state index < -0.39 is 16.1 Å². The first kappa shape index (κ1) is 17.9. The number of nitrogens with two attached hydrogens (primary N) is 1. The van der Waals surface area contributed by atoms with Crippen molar-refractivity contribution in [1.82, 2.24) is 4.31 Å². The second-order valence-electron chi connectivity index (χ2n) is 5.11. The van der Waals surface area contributed by atoms with Crippen LogP contribution in [0, 0.1) is 0 Å². The number of carbonyl (C=O) groups is 1. The summed E-state index contributed by atoms with van der Waals surface area (Å²) in [6.07, 6.45) is 0.718. The Balaban J connectivity index is 0.00000220. The molecule has 6 nitrogen and oxygen atoms in total. The van der Waals surface area contributed by atoms with Crippen LogP contribution in [-0.2, 0) is 21.2 Å². The van der Waals surface area contributed by atoms with Crippen molar-refractivity contribution in [3.8, 4) is 0 Å². The van der Waals surface area contributed by atoms with Gasteiger partial charge >= 0.3 is 0 Å². The van der Waals surface area contributed by atoms with Crippen LogP contribution in [0.25, 0.3) is 0 Å². The maximum absolute atomic E-state index is 12.1. The van der Waals surface area contributed by atoms with Gasteiger partial charge in [-0.05, 0) is 31.0 Å². The van der Waals surface area contributed by atoms with E-state index in [2.05, 4.69) is 0 Å². The SMILES string of the molecule is C[C@H](N)C(=O)N1CCc2ccc(S(=O)(=O)N(C)C)cc21.Cl. The smallest absolute Gasteiger partial charge is 0.243 e. The van der Waals surface area contributed by atoms with E-state index in [-0.39, 0.29) is 23.2 Å². The molecule has 0 spiro atoms. The molecule has 1 aliphatic rings. The first-order valence-corrected chi connectivity index (χ1v) is 7.81. The molecule has 1 aliphatic heterocycles. The van der Waals surface area contributed by atoms with Gasteiger partial charge in [0.2, 0.25) is 15.9 Å². The third kappa shape index (κ3) is 3.21. The highest BCUT2D eigenvalue weighted by atomic mass is 35.5. The molecule has 0 radical (unpaired) electrons. The number of hydrogen-bond donors (Lipinski definition) is 1. The van der Waals surface area contributed by atoms with Crippen molar-refractivity contribution in [3.63, 3.8) is 0 Å². The van der Waals surface area contributed by atoms with Crippen molar-refractivity contribution < 1.29 is 13.2 Å². The molecule has 21 heavy (non-hydrogen) atoms. The van der Waals surface area contributed by atoms with Crippen molar-refractivity contribution in [2.45, 2.75) is 24.3 Å². The van der Waals surface area contributed by atoms with Crippen LogP contribution in [0.4, 0.5) is 5.69 Å². The molecule has 1 aromatic rings. The van der Waals surface area contributed by atoms with Crippen LogP contribution >= 0.6 is 12.4 Å². The molecule has 0 saturated carbocycles. The molecule has 0 fully saturated rings. The fourth-order valence-corrected chi connectivity index (χ4v) is 3.13. The molecule has 0 aromatic heterocycles. The van der Waals surface area contributed by atoms with Crippen LogP contribution < -0.4 is 10.6 Å². The first-order chi connectivity index (χ1) is 9.25. The summed E-state index contributed by atoms with van der Waals surface area (Å²) in [6.45, 7) is 2.17. The highest BCUT2D eigenvalue weighted by Crippen LogP contribution is 2.31. The van der Waals surface area contributed by atoms with Crippen LogP contribution in [0.5, 0.6) is 0 Å². The Morgan fingerprint density at radius 2 is 2.00 bits per heavy atom. The second kappa shape index (κ2) is 6.31. The van der Waals surface area contributed by atoms with Crippen molar-refractivity contribution in [3.05, 3.63) is 23.8 Å². The lowest BCUT2D eigenvalue weighted by Gasteiger charge is -2.20. The summed E-state index contributed by atoms with van der Waals surface area (Å²) in [6, 6.07) is 4.29. The van der Waals surface area contributed by atoms with Gasteiger partial charge in [-0.25, -0.2) is 12.7 Å². The minimum Gasteiger partial charge on any atom is -0.320 e. The molecule has 0 unspecified atom stereocenters. The number of rotatable bonds is 3. The number of carbonyl (C=O) groups excluding carboxylic acids is 1. The predicted octanol–water partition coefficient (Wildman–Crippen LogP) is 0.595. The van der Waals surface area contributed by atoms with E-state index in [9.17, 15) is 13.2 Å². The fraction of sp³-hybridized carbons (Fsp3) is 0.462. The average Bonchev–Trinajstić information content (AvgIpc) is 2.80. The number of benzene rings is 1. The second-order valence-corrected chi connectivity index (χ2v) is 7.26. The van der Waals surface area contributed by atoms with Crippen LogP contribution in [0.1, 0.15) is 12.5 Å². The summed E-state index contributed by atoms with van der Waals surface area (Å²) >= 11 is 0. The molecule has 1 atom stereocenters. The Labute approximate surface area is 131 Å². The van der Waals surface area contributed by atoms with Gasteiger partial charge in [0.15, 0.2) is 0 Å². The molecule has 1 aromatic carbocycles. The van der Waals surface area contributed by atoms with Gasteiger partial charge in [-0.15, -0.1) is 12.4 Å². The Bertz CT molecular complexity index is 644. The molecule has 8 heteroatoms. The molecule has 0 aliphatic carbocycles. The molecule has 2 N–H and O–H groups in total. The van der Waals surface area contributed by atoms with Gasteiger partial charge in [-0.2, -0.15) is 0 Å². The summed E-state index contributed by atoms with van der Waals surface area (Å²) in [5.41, 5.74) is 7.24. The Hall–Kier alpha value is -1.15. The zero-order valence-corrected chi connectivity index (χ0v) is 13.9. The molecule has 0 saturated heterocycles. The molecule has 1 heterocycles. The topological polar surface area (TPSA) is 83.7 Å². The minimum atomic E-state index is -3.50. The lowest BCUT2D eigenvalue weighted by molar-refractivity contribution is -0.119. The summed E-state index contributed by atoms with van der Waals surface area (Å²) in [4.78, 5) is 13.8. The first-order valence-electron chi connectivity index (χ1n) is 6.37. The van der Waals surface area contributed by atoms with Crippen LogP contribution in [0.2, 0.25) is 0 Å². The third-order valence-electron chi connectivity index (χ3n) is 3.39. The molecular formula is C13H20ClN3O3S. The van der Waals surface area contributed by atoms with Gasteiger partial charge in [-0.1, -0.05) is 6.07 Å². The van der Waals surface area contributed by atoms with E-state index in [0.29, 0.717) is 12.2 Å². The van der Waals surface area contributed by atoms with E-state index in [0.717, 1.165) is 16.3 Å². The standard InChI is InChI=1S/C13H19N3O3S.ClH/c1-9(14)13(17)16-7-6-10-4-5-11(8-12(10)16)20(18,19)15(2)3;/h4-5,8-9H,6-7,14H2,1-3H3;1H/t9-;/m0./s1. The van der Waals surface area contributed by atoms with Crippen molar-refractivity contribution >= 4 is 34.0 Å². The zero-order valence-electron chi connectivity index (χ0n) is 12.2. The van der Waals surface area contributed by atoms with Gasteiger partial charge in [0.05, 0.1) is 10.9 Å². The molecule has 2 rings (SSSR count). The number of anilines is 1. The summed E-state index contributed by atoms with van der Waals surface area (Å²) < 4.78 is 25.4. The van der Waals surface area contributed by atoms with E-state index in [4.69, 9.17) is 5.73 Å². The number of halogens is 1. The predicted molar refractivity (Wildman–Crippen MR) is 84.3 cm³/mol. The Morgan fingerprint density at radius 3 is 2.52 bits per heavy atom. The van der Waals surface area contributed by atoms with E-state index in [1.807, 2.05) is 0 Å². The van der Waals surface area contributed by atoms with Crippen LogP contribution in [0.15, 0.2) is 23.1 Å². The number of sulfonamides is 1. The molecule has 1 amide bonds. The number of hydrogen-bond acceptors (Lipinski definition) is 4. The Morgan fingerprint density at radius 1 is 1.38 bits per heavy atom. The molecule has 0 bridgehead atoms. The quantitative estimate of drug-likeness (QED) is 0.877. The lowest BCUT2D eigenvalue weighted by atomic mass is 10.2. The summed E-state index contributed by atoms with van der Waals surface area (Å²) in [5, 5.41) is 0. The normalized spacial score (nSPS) is 15.6. The van der Waals surface area contributed by atoms with Gasteiger partial charge < -0.3 is 10.6 Å². The van der Waals surface area contributed by atoms with E-state index in [1.54, 1.807) is 30.0 Å². The fourth-order valence-electron chi connectivity index (χ4n) is 2.21. The highest BCUT2D eigenvalue weighted by Gasteiger charge is 2.28. The van der Waals surface area contributed by atoms with Gasteiger partial charge in [-0.3, -0.25) is 4.79 Å².